The number of aromatic nitrogens is 2. The molecule has 1 aliphatic rings. The Morgan fingerprint density at radius 2 is 1.86 bits per heavy atom. The van der Waals surface area contributed by atoms with Crippen LogP contribution in [0, 0.1) is 5.92 Å². The van der Waals surface area contributed by atoms with E-state index in [1.807, 2.05) is 58.1 Å². The second kappa shape index (κ2) is 9.05. The van der Waals surface area contributed by atoms with E-state index in [0.717, 1.165) is 61.5 Å². The van der Waals surface area contributed by atoms with Crippen molar-refractivity contribution in [1.82, 2.24) is 20.0 Å². The number of carbonyl (C=O) groups is 1. The van der Waals surface area contributed by atoms with Crippen LogP contribution in [0.5, 0.6) is 0 Å². The molecule has 0 saturated carbocycles. The molecule has 3 aromatic rings. The summed E-state index contributed by atoms with van der Waals surface area (Å²) in [7, 11) is 0. The zero-order valence-electron chi connectivity index (χ0n) is 16.9. The summed E-state index contributed by atoms with van der Waals surface area (Å²) in [5, 5.41) is 7.92. The first-order valence-corrected chi connectivity index (χ1v) is 10.5. The summed E-state index contributed by atoms with van der Waals surface area (Å²) in [6.07, 6.45) is 3.93. The minimum Gasteiger partial charge on any atom is -0.339 e. The van der Waals surface area contributed by atoms with Crippen LogP contribution < -0.4 is 5.32 Å². The molecule has 1 fully saturated rings. The summed E-state index contributed by atoms with van der Waals surface area (Å²) < 4.78 is 1.90. The van der Waals surface area contributed by atoms with Crippen LogP contribution in [0.4, 0.5) is 0 Å². The Hall–Kier alpha value is -2.92. The summed E-state index contributed by atoms with van der Waals surface area (Å²) in [6, 6.07) is 20.0. The summed E-state index contributed by atoms with van der Waals surface area (Å²) in [5.74, 6) is 0.782. The summed E-state index contributed by atoms with van der Waals surface area (Å²) in [6.45, 7) is 5.85. The van der Waals surface area contributed by atoms with Crippen molar-refractivity contribution in [1.29, 1.82) is 0 Å². The number of nitrogens with zero attached hydrogens (tertiary/aromatic N) is 3. The van der Waals surface area contributed by atoms with Crippen LogP contribution >= 0.6 is 0 Å². The Morgan fingerprint density at radius 1 is 1.07 bits per heavy atom. The minimum atomic E-state index is 0.113. The fourth-order valence-electron chi connectivity index (χ4n) is 3.98. The number of carbonyl (C=O) groups excluding carboxylic acids is 1. The maximum atomic E-state index is 13.1. The van der Waals surface area contributed by atoms with Gasteiger partial charge in [-0.05, 0) is 56.1 Å². The Bertz CT molecular complexity index is 942. The first-order chi connectivity index (χ1) is 14.3. The largest absolute Gasteiger partial charge is 0.339 e. The molecule has 0 atom stereocenters. The third-order valence-corrected chi connectivity index (χ3v) is 5.63. The Labute approximate surface area is 172 Å². The molecule has 1 aromatic heterocycles. The SMILES string of the molecule is CCNCC1CCN(C(=O)c2cccc(-n3nccc3-c3ccccc3)c2)CC1. The van der Waals surface area contributed by atoms with E-state index >= 15 is 0 Å². The number of amides is 1. The lowest BCUT2D eigenvalue weighted by Crippen LogP contribution is -2.40. The second-order valence-electron chi connectivity index (χ2n) is 7.59. The topological polar surface area (TPSA) is 50.2 Å². The molecule has 0 spiro atoms. The van der Waals surface area contributed by atoms with Crippen LogP contribution in [0.1, 0.15) is 30.1 Å². The van der Waals surface area contributed by atoms with Crippen molar-refractivity contribution in [3.63, 3.8) is 0 Å². The van der Waals surface area contributed by atoms with E-state index in [9.17, 15) is 4.79 Å². The highest BCUT2D eigenvalue weighted by atomic mass is 16.2. The lowest BCUT2D eigenvalue weighted by atomic mass is 9.96. The van der Waals surface area contributed by atoms with Crippen LogP contribution in [0.3, 0.4) is 0 Å². The minimum absolute atomic E-state index is 0.113. The van der Waals surface area contributed by atoms with Crippen molar-refractivity contribution < 1.29 is 4.79 Å². The van der Waals surface area contributed by atoms with Gasteiger partial charge < -0.3 is 10.2 Å². The standard InChI is InChI=1S/C24H28N4O/c1-2-25-18-19-12-15-27(16-13-19)24(29)21-9-6-10-22(17-21)28-23(11-14-26-28)20-7-4-3-5-8-20/h3-11,14,17,19,25H,2,12-13,15-16,18H2,1H3. The Balaban J connectivity index is 1.50. The number of piperidine rings is 1. The van der Waals surface area contributed by atoms with Gasteiger partial charge in [-0.3, -0.25) is 4.79 Å². The van der Waals surface area contributed by atoms with Gasteiger partial charge in [-0.1, -0.05) is 43.3 Å². The Kier molecular flexibility index (Phi) is 6.06. The quantitative estimate of drug-likeness (QED) is 0.694. The van der Waals surface area contributed by atoms with Gasteiger partial charge in [0, 0.05) is 24.2 Å². The molecule has 0 unspecified atom stereocenters. The number of benzene rings is 2. The maximum Gasteiger partial charge on any atom is 0.253 e. The van der Waals surface area contributed by atoms with Crippen LogP contribution in [0.15, 0.2) is 66.9 Å². The van der Waals surface area contributed by atoms with E-state index < -0.39 is 0 Å². The van der Waals surface area contributed by atoms with E-state index in [1.165, 1.54) is 0 Å². The smallest absolute Gasteiger partial charge is 0.253 e. The second-order valence-corrected chi connectivity index (χ2v) is 7.59. The van der Waals surface area contributed by atoms with Gasteiger partial charge in [0.25, 0.3) is 5.91 Å². The lowest BCUT2D eigenvalue weighted by molar-refractivity contribution is 0.0690. The van der Waals surface area contributed by atoms with E-state index in [2.05, 4.69) is 29.5 Å². The first kappa shape index (κ1) is 19.4. The van der Waals surface area contributed by atoms with E-state index in [4.69, 9.17) is 0 Å². The van der Waals surface area contributed by atoms with Crippen LogP contribution in [-0.2, 0) is 0 Å². The molecule has 1 amide bonds. The number of likely N-dealkylation sites (tertiary alicyclic amines) is 1. The van der Waals surface area contributed by atoms with Gasteiger partial charge in [0.15, 0.2) is 0 Å². The van der Waals surface area contributed by atoms with Gasteiger partial charge in [-0.2, -0.15) is 5.10 Å². The fourth-order valence-corrected chi connectivity index (χ4v) is 3.98. The van der Waals surface area contributed by atoms with E-state index in [-0.39, 0.29) is 5.91 Å². The lowest BCUT2D eigenvalue weighted by Gasteiger charge is -2.32. The van der Waals surface area contributed by atoms with Crippen molar-refractivity contribution in [2.45, 2.75) is 19.8 Å². The zero-order chi connectivity index (χ0) is 20.1. The van der Waals surface area contributed by atoms with Crippen molar-refractivity contribution in [2.75, 3.05) is 26.2 Å². The van der Waals surface area contributed by atoms with Crippen molar-refractivity contribution >= 4 is 5.91 Å². The molecule has 5 heteroatoms. The maximum absolute atomic E-state index is 13.1. The molecule has 2 heterocycles. The first-order valence-electron chi connectivity index (χ1n) is 10.5. The molecular weight excluding hydrogens is 360 g/mol. The van der Waals surface area contributed by atoms with Crippen LogP contribution in [-0.4, -0.2) is 46.8 Å². The number of nitrogens with one attached hydrogen (secondary N) is 1. The fraction of sp³-hybridized carbons (Fsp3) is 0.333. The molecule has 0 aliphatic carbocycles. The molecule has 29 heavy (non-hydrogen) atoms. The average molecular weight is 389 g/mol. The van der Waals surface area contributed by atoms with Crippen molar-refractivity contribution in [3.8, 4) is 16.9 Å². The normalized spacial score (nSPS) is 14.9. The molecule has 5 nitrogen and oxygen atoms in total. The predicted octanol–water partition coefficient (Wildman–Crippen LogP) is 4.00. The van der Waals surface area contributed by atoms with Gasteiger partial charge >= 0.3 is 0 Å². The summed E-state index contributed by atoms with van der Waals surface area (Å²) in [5.41, 5.74) is 3.74. The van der Waals surface area contributed by atoms with Gasteiger partial charge in [0.1, 0.15) is 0 Å². The monoisotopic (exact) mass is 388 g/mol. The van der Waals surface area contributed by atoms with Gasteiger partial charge in [0.05, 0.1) is 17.6 Å². The highest BCUT2D eigenvalue weighted by Gasteiger charge is 2.23. The molecule has 0 radical (unpaired) electrons. The number of hydrogen-bond acceptors (Lipinski definition) is 3. The summed E-state index contributed by atoms with van der Waals surface area (Å²) >= 11 is 0. The molecule has 2 aromatic carbocycles. The van der Waals surface area contributed by atoms with Gasteiger partial charge in [-0.15, -0.1) is 0 Å². The van der Waals surface area contributed by atoms with Crippen LogP contribution in [0.25, 0.3) is 16.9 Å². The van der Waals surface area contributed by atoms with Crippen molar-refractivity contribution in [2.24, 2.45) is 5.92 Å². The number of rotatable bonds is 6. The number of hydrogen-bond donors (Lipinski definition) is 1. The molecule has 1 aliphatic heterocycles. The van der Waals surface area contributed by atoms with Gasteiger partial charge in [0.2, 0.25) is 0 Å². The summed E-state index contributed by atoms with van der Waals surface area (Å²) in [4.78, 5) is 15.1. The third kappa shape index (κ3) is 4.40. The highest BCUT2D eigenvalue weighted by molar-refractivity contribution is 5.94. The predicted molar refractivity (Wildman–Crippen MR) is 116 cm³/mol. The molecule has 1 N–H and O–H groups in total. The molecule has 1 saturated heterocycles. The van der Waals surface area contributed by atoms with E-state index in [1.54, 1.807) is 6.20 Å². The zero-order valence-corrected chi connectivity index (χ0v) is 16.9. The highest BCUT2D eigenvalue weighted by Crippen LogP contribution is 2.24. The van der Waals surface area contributed by atoms with Crippen LogP contribution in [0.2, 0.25) is 0 Å². The molecule has 150 valence electrons. The van der Waals surface area contributed by atoms with Crippen molar-refractivity contribution in [3.05, 3.63) is 72.4 Å². The molecular formula is C24H28N4O. The third-order valence-electron chi connectivity index (χ3n) is 5.63. The average Bonchev–Trinajstić information content (AvgIpc) is 3.28. The van der Waals surface area contributed by atoms with E-state index in [0.29, 0.717) is 5.92 Å². The van der Waals surface area contributed by atoms with Gasteiger partial charge in [-0.25, -0.2) is 4.68 Å². The molecule has 4 rings (SSSR count). The molecule has 0 bridgehead atoms. The Morgan fingerprint density at radius 3 is 2.62 bits per heavy atom.